The zero-order valence-corrected chi connectivity index (χ0v) is 23.2. The number of carbonyl (C=O) groups excluding carboxylic acids is 1. The van der Waals surface area contributed by atoms with Gasteiger partial charge in [-0.3, -0.25) is 14.8 Å². The maximum absolute atomic E-state index is 13.8. The molecule has 41 heavy (non-hydrogen) atoms. The van der Waals surface area contributed by atoms with Crippen molar-refractivity contribution in [2.75, 3.05) is 24.5 Å². The Kier molecular flexibility index (Phi) is 7.81. The van der Waals surface area contributed by atoms with Crippen molar-refractivity contribution in [2.45, 2.75) is 31.5 Å². The van der Waals surface area contributed by atoms with Gasteiger partial charge in [0.05, 0.1) is 36.1 Å². The van der Waals surface area contributed by atoms with E-state index in [1.54, 1.807) is 36.7 Å². The molecule has 4 heterocycles. The summed E-state index contributed by atoms with van der Waals surface area (Å²) in [6.07, 6.45) is 7.08. The molecule has 0 radical (unpaired) electrons. The Morgan fingerprint density at radius 3 is 2.51 bits per heavy atom. The molecular formula is C32H29ClN6O2. The number of likely N-dealkylation sites (tertiary alicyclic amines) is 1. The van der Waals surface area contributed by atoms with Crippen LogP contribution in [0.25, 0.3) is 0 Å². The Balaban J connectivity index is 1.10. The van der Waals surface area contributed by atoms with Crippen LogP contribution in [0.2, 0.25) is 5.02 Å². The lowest BCUT2D eigenvalue weighted by atomic mass is 9.99. The number of nitrogens with zero attached hydrogens (tertiary/aromatic N) is 6. The number of nitriles is 1. The highest BCUT2D eigenvalue weighted by molar-refractivity contribution is 6.30. The Hall–Kier alpha value is -4.45. The van der Waals surface area contributed by atoms with Gasteiger partial charge in [-0.05, 0) is 72.5 Å². The molecule has 1 atom stereocenters. The van der Waals surface area contributed by atoms with Crippen molar-refractivity contribution >= 4 is 23.3 Å². The number of ether oxygens (including phenoxy) is 1. The smallest absolute Gasteiger partial charge is 0.325 e. The number of anilines is 1. The summed E-state index contributed by atoms with van der Waals surface area (Å²) in [4.78, 5) is 28.8. The number of benzene rings is 2. The Labute approximate surface area is 244 Å². The van der Waals surface area contributed by atoms with E-state index < -0.39 is 0 Å². The molecule has 2 aromatic carbocycles. The van der Waals surface area contributed by atoms with Gasteiger partial charge >= 0.3 is 6.03 Å². The van der Waals surface area contributed by atoms with Gasteiger partial charge in [-0.15, -0.1) is 0 Å². The standard InChI is InChI=1S/C32H29ClN6O2/c33-26-4-1-3-25(17-26)30-22-38(28-5-2-14-35-20-28)32(40)39(30)27-12-15-37(16-13-27)21-24-8-11-31(36-19-24)41-29-9-6-23(18-34)7-10-29/h1-11,14,17,19-20,27,30H,12-13,15-16,21-22H2. The first kappa shape index (κ1) is 26.8. The summed E-state index contributed by atoms with van der Waals surface area (Å²) >= 11 is 6.35. The molecule has 206 valence electrons. The van der Waals surface area contributed by atoms with E-state index in [2.05, 4.69) is 31.9 Å². The first-order valence-corrected chi connectivity index (χ1v) is 14.1. The number of hydrogen-bond donors (Lipinski definition) is 0. The number of amides is 2. The molecule has 2 amide bonds. The fraction of sp³-hybridized carbons (Fsp3) is 0.250. The number of aromatic nitrogens is 2. The van der Waals surface area contributed by atoms with E-state index in [4.69, 9.17) is 21.6 Å². The molecule has 0 aliphatic carbocycles. The average Bonchev–Trinajstić information content (AvgIpc) is 3.36. The second-order valence-electron chi connectivity index (χ2n) is 10.3. The van der Waals surface area contributed by atoms with Gasteiger partial charge in [0.2, 0.25) is 5.88 Å². The summed E-state index contributed by atoms with van der Waals surface area (Å²) in [5.74, 6) is 1.15. The van der Waals surface area contributed by atoms with Crippen LogP contribution >= 0.6 is 11.6 Å². The van der Waals surface area contributed by atoms with E-state index in [-0.39, 0.29) is 18.1 Å². The summed E-state index contributed by atoms with van der Waals surface area (Å²) in [6, 6.07) is 24.7. The molecule has 8 nitrogen and oxygen atoms in total. The maximum Gasteiger partial charge on any atom is 0.325 e. The topological polar surface area (TPSA) is 85.6 Å². The maximum atomic E-state index is 13.8. The fourth-order valence-corrected chi connectivity index (χ4v) is 5.83. The molecular weight excluding hydrogens is 536 g/mol. The SMILES string of the molecule is N#Cc1ccc(Oc2ccc(CN3CCC(N4C(=O)N(c5cccnc5)CC4c4cccc(Cl)c4)CC3)cn2)cc1. The van der Waals surface area contributed by atoms with Gasteiger partial charge in [0.15, 0.2) is 0 Å². The molecule has 0 N–H and O–H groups in total. The molecule has 2 saturated heterocycles. The largest absolute Gasteiger partial charge is 0.439 e. The molecule has 0 bridgehead atoms. The van der Waals surface area contributed by atoms with E-state index in [0.717, 1.165) is 49.3 Å². The first-order valence-electron chi connectivity index (χ1n) is 13.7. The Morgan fingerprint density at radius 2 is 1.83 bits per heavy atom. The van der Waals surface area contributed by atoms with Gasteiger partial charge in [0.25, 0.3) is 0 Å². The minimum atomic E-state index is -0.0780. The van der Waals surface area contributed by atoms with Crippen LogP contribution < -0.4 is 9.64 Å². The van der Waals surface area contributed by atoms with E-state index in [0.29, 0.717) is 28.8 Å². The zero-order chi connectivity index (χ0) is 28.2. The number of urea groups is 1. The van der Waals surface area contributed by atoms with Crippen LogP contribution in [0.3, 0.4) is 0 Å². The molecule has 0 spiro atoms. The predicted molar refractivity (Wildman–Crippen MR) is 157 cm³/mol. The van der Waals surface area contributed by atoms with E-state index in [1.807, 2.05) is 53.6 Å². The highest BCUT2D eigenvalue weighted by Gasteiger charge is 2.43. The average molecular weight is 565 g/mol. The zero-order valence-electron chi connectivity index (χ0n) is 22.4. The molecule has 2 aromatic heterocycles. The number of hydrogen-bond acceptors (Lipinski definition) is 6. The molecule has 2 fully saturated rings. The van der Waals surface area contributed by atoms with E-state index in [1.165, 1.54) is 0 Å². The summed E-state index contributed by atoms with van der Waals surface area (Å²) in [5, 5.41) is 9.63. The minimum Gasteiger partial charge on any atom is -0.439 e. The number of halogens is 1. The van der Waals surface area contributed by atoms with Crippen molar-refractivity contribution in [1.82, 2.24) is 19.8 Å². The van der Waals surface area contributed by atoms with E-state index >= 15 is 0 Å². The predicted octanol–water partition coefficient (Wildman–Crippen LogP) is 6.44. The number of piperidine rings is 1. The van der Waals surface area contributed by atoms with Crippen molar-refractivity contribution < 1.29 is 9.53 Å². The lowest BCUT2D eigenvalue weighted by molar-refractivity contribution is 0.112. The van der Waals surface area contributed by atoms with Gasteiger partial charge < -0.3 is 9.64 Å². The van der Waals surface area contributed by atoms with Gasteiger partial charge in [-0.2, -0.15) is 5.26 Å². The Morgan fingerprint density at radius 1 is 1.00 bits per heavy atom. The minimum absolute atomic E-state index is 0.0171. The molecule has 2 aliphatic heterocycles. The van der Waals surface area contributed by atoms with E-state index in [9.17, 15) is 4.79 Å². The second-order valence-corrected chi connectivity index (χ2v) is 10.8. The summed E-state index contributed by atoms with van der Waals surface area (Å²) in [6.45, 7) is 3.11. The lowest BCUT2D eigenvalue weighted by Gasteiger charge is -2.39. The monoisotopic (exact) mass is 564 g/mol. The van der Waals surface area contributed by atoms with Crippen molar-refractivity contribution in [2.24, 2.45) is 0 Å². The van der Waals surface area contributed by atoms with Gasteiger partial charge in [0.1, 0.15) is 5.75 Å². The Bertz CT molecular complexity index is 1530. The molecule has 6 rings (SSSR count). The third-order valence-corrected chi connectivity index (χ3v) is 7.93. The molecule has 1 unspecified atom stereocenters. The van der Waals surface area contributed by atoms with Crippen LogP contribution in [-0.4, -0.2) is 51.5 Å². The normalized spacial score (nSPS) is 18.0. The summed E-state index contributed by atoms with van der Waals surface area (Å²) in [5.41, 5.74) is 3.55. The highest BCUT2D eigenvalue weighted by Crippen LogP contribution is 2.37. The summed E-state index contributed by atoms with van der Waals surface area (Å²) in [7, 11) is 0. The molecule has 0 saturated carbocycles. The van der Waals surface area contributed by atoms with Crippen LogP contribution in [-0.2, 0) is 6.54 Å². The van der Waals surface area contributed by atoms with Crippen LogP contribution in [0, 0.1) is 11.3 Å². The first-order chi connectivity index (χ1) is 20.1. The third kappa shape index (κ3) is 6.02. The molecule has 2 aliphatic rings. The molecule has 4 aromatic rings. The van der Waals surface area contributed by atoms with Crippen molar-refractivity contribution in [3.05, 3.63) is 113 Å². The van der Waals surface area contributed by atoms with Gasteiger partial charge in [-0.1, -0.05) is 29.8 Å². The van der Waals surface area contributed by atoms with Crippen LogP contribution in [0.15, 0.2) is 91.4 Å². The van der Waals surface area contributed by atoms with Crippen LogP contribution in [0.1, 0.15) is 35.6 Å². The van der Waals surface area contributed by atoms with Gasteiger partial charge in [-0.25, -0.2) is 9.78 Å². The second kappa shape index (κ2) is 12.0. The van der Waals surface area contributed by atoms with Gasteiger partial charge in [0, 0.05) is 49.2 Å². The molecule has 9 heteroatoms. The third-order valence-electron chi connectivity index (χ3n) is 7.69. The van der Waals surface area contributed by atoms with Crippen molar-refractivity contribution in [3.8, 4) is 17.7 Å². The van der Waals surface area contributed by atoms with Crippen molar-refractivity contribution in [3.63, 3.8) is 0 Å². The lowest BCUT2D eigenvalue weighted by Crippen LogP contribution is -2.47. The number of rotatable bonds is 7. The number of pyridine rings is 2. The van der Waals surface area contributed by atoms with Crippen molar-refractivity contribution in [1.29, 1.82) is 5.26 Å². The number of carbonyl (C=O) groups is 1. The van der Waals surface area contributed by atoms with Crippen LogP contribution in [0.5, 0.6) is 11.6 Å². The fourth-order valence-electron chi connectivity index (χ4n) is 5.63. The highest BCUT2D eigenvalue weighted by atomic mass is 35.5. The quantitative estimate of drug-likeness (QED) is 0.257. The van der Waals surface area contributed by atoms with Crippen LogP contribution in [0.4, 0.5) is 10.5 Å². The summed E-state index contributed by atoms with van der Waals surface area (Å²) < 4.78 is 5.81.